The van der Waals surface area contributed by atoms with Crippen LogP contribution in [0, 0.1) is 13.8 Å². The average molecular weight is 467 g/mol. The van der Waals surface area contributed by atoms with E-state index in [-0.39, 0.29) is 27.3 Å². The Balaban J connectivity index is 1.77. The van der Waals surface area contributed by atoms with E-state index in [0.29, 0.717) is 18.7 Å². The second kappa shape index (κ2) is 9.14. The monoisotopic (exact) mass is 466 g/mol. The third kappa shape index (κ3) is 4.71. The van der Waals surface area contributed by atoms with Crippen molar-refractivity contribution in [3.05, 3.63) is 51.8 Å². The summed E-state index contributed by atoms with van der Waals surface area (Å²) < 4.78 is 34.2. The molecule has 0 bridgehead atoms. The predicted octanol–water partition coefficient (Wildman–Crippen LogP) is 4.16. The normalized spacial score (nSPS) is 14.9. The number of halogens is 1. The molecule has 31 heavy (non-hydrogen) atoms. The number of ketones is 1. The molecular weight excluding hydrogens is 440 g/mol. The van der Waals surface area contributed by atoms with Gasteiger partial charge in [-0.3, -0.25) is 4.79 Å². The Morgan fingerprint density at radius 2 is 1.74 bits per heavy atom. The van der Waals surface area contributed by atoms with Gasteiger partial charge in [0.25, 0.3) is 0 Å². The van der Waals surface area contributed by atoms with Crippen LogP contribution < -0.4 is 0 Å². The number of nitrogens with zero attached hydrogens (tertiary/aromatic N) is 2. The molecule has 1 aliphatic heterocycles. The van der Waals surface area contributed by atoms with Crippen molar-refractivity contribution in [3.63, 3.8) is 0 Å². The lowest BCUT2D eigenvalue weighted by atomic mass is 10.1. The van der Waals surface area contributed by atoms with E-state index in [0.717, 1.165) is 24.2 Å². The highest BCUT2D eigenvalue weighted by atomic mass is 35.5. The molecule has 1 fully saturated rings. The van der Waals surface area contributed by atoms with E-state index < -0.39 is 22.6 Å². The Morgan fingerprint density at radius 3 is 2.32 bits per heavy atom. The molecule has 168 valence electrons. The van der Waals surface area contributed by atoms with E-state index in [1.807, 2.05) is 32.3 Å². The van der Waals surface area contributed by atoms with Crippen molar-refractivity contribution in [2.24, 2.45) is 0 Å². The SMILES string of the molecule is Cc1cc(C(=O)COC(=O)c2cc(S(=O)(=O)N3CCCC3)ccc2Cl)c(C)n1C(C)C. The molecule has 2 aromatic rings. The fraction of sp³-hybridized carbons (Fsp3) is 0.455. The molecule has 1 aromatic carbocycles. The quantitative estimate of drug-likeness (QED) is 0.451. The number of aryl methyl sites for hydroxylation is 1. The number of rotatable bonds is 7. The molecule has 0 radical (unpaired) electrons. The standard InChI is InChI=1S/C22H27ClN2O5S/c1-14(2)25-15(3)11-18(16(25)4)21(26)13-30-22(27)19-12-17(7-8-20(19)23)31(28,29)24-9-5-6-10-24/h7-8,11-12,14H,5-6,9-10,13H2,1-4H3. The lowest BCUT2D eigenvalue weighted by molar-refractivity contribution is 0.0474. The van der Waals surface area contributed by atoms with Crippen molar-refractivity contribution in [3.8, 4) is 0 Å². The van der Waals surface area contributed by atoms with Gasteiger partial charge in [0.15, 0.2) is 6.61 Å². The van der Waals surface area contributed by atoms with Crippen LogP contribution in [0.4, 0.5) is 0 Å². The summed E-state index contributed by atoms with van der Waals surface area (Å²) in [7, 11) is -3.70. The zero-order valence-corrected chi connectivity index (χ0v) is 19.7. The van der Waals surface area contributed by atoms with E-state index >= 15 is 0 Å². The Kier molecular flexibility index (Phi) is 6.93. The molecule has 0 aliphatic carbocycles. The molecular formula is C22H27ClN2O5S. The van der Waals surface area contributed by atoms with Crippen LogP contribution in [0.3, 0.4) is 0 Å². The second-order valence-electron chi connectivity index (χ2n) is 8.00. The van der Waals surface area contributed by atoms with Gasteiger partial charge in [0.05, 0.1) is 15.5 Å². The van der Waals surface area contributed by atoms with Gasteiger partial charge in [-0.05, 0) is 64.8 Å². The van der Waals surface area contributed by atoms with Gasteiger partial charge in [-0.15, -0.1) is 0 Å². The maximum absolute atomic E-state index is 12.8. The van der Waals surface area contributed by atoms with Crippen LogP contribution >= 0.6 is 11.6 Å². The Hall–Kier alpha value is -2.16. The summed E-state index contributed by atoms with van der Waals surface area (Å²) in [5, 5.41) is 0.0656. The van der Waals surface area contributed by atoms with Gasteiger partial charge in [0, 0.05) is 36.1 Å². The van der Waals surface area contributed by atoms with Crippen LogP contribution in [0.1, 0.15) is 64.8 Å². The van der Waals surface area contributed by atoms with Crippen molar-refractivity contribution in [1.82, 2.24) is 8.87 Å². The van der Waals surface area contributed by atoms with Crippen molar-refractivity contribution in [1.29, 1.82) is 0 Å². The van der Waals surface area contributed by atoms with Crippen LogP contribution in [0.25, 0.3) is 0 Å². The molecule has 0 N–H and O–H groups in total. The first-order chi connectivity index (χ1) is 14.5. The number of ether oxygens (including phenoxy) is 1. The topological polar surface area (TPSA) is 85.7 Å². The number of benzene rings is 1. The number of esters is 1. The molecule has 0 atom stereocenters. The number of hydrogen-bond acceptors (Lipinski definition) is 5. The van der Waals surface area contributed by atoms with E-state index in [9.17, 15) is 18.0 Å². The van der Waals surface area contributed by atoms with Crippen LogP contribution in [-0.4, -0.2) is 48.7 Å². The van der Waals surface area contributed by atoms with E-state index in [1.165, 1.54) is 22.5 Å². The summed E-state index contributed by atoms with van der Waals surface area (Å²) in [6, 6.07) is 5.93. The zero-order chi connectivity index (χ0) is 22.9. The molecule has 7 nitrogen and oxygen atoms in total. The molecule has 0 unspecified atom stereocenters. The van der Waals surface area contributed by atoms with Gasteiger partial charge in [0.2, 0.25) is 15.8 Å². The van der Waals surface area contributed by atoms with Gasteiger partial charge in [-0.1, -0.05) is 11.6 Å². The first kappa shape index (κ1) is 23.5. The van der Waals surface area contributed by atoms with Crippen LogP contribution in [0.15, 0.2) is 29.2 Å². The van der Waals surface area contributed by atoms with Gasteiger partial charge in [-0.2, -0.15) is 4.31 Å². The highest BCUT2D eigenvalue weighted by Gasteiger charge is 2.29. The lowest BCUT2D eigenvalue weighted by Crippen LogP contribution is -2.28. The average Bonchev–Trinajstić information content (AvgIpc) is 3.34. The number of hydrogen-bond donors (Lipinski definition) is 0. The largest absolute Gasteiger partial charge is 0.454 e. The van der Waals surface area contributed by atoms with Crippen molar-refractivity contribution in [2.75, 3.05) is 19.7 Å². The van der Waals surface area contributed by atoms with Crippen LogP contribution in [-0.2, 0) is 14.8 Å². The summed E-state index contributed by atoms with van der Waals surface area (Å²) in [5.74, 6) is -1.17. The first-order valence-corrected chi connectivity index (χ1v) is 12.0. The molecule has 0 spiro atoms. The van der Waals surface area contributed by atoms with Gasteiger partial charge in [-0.25, -0.2) is 13.2 Å². The zero-order valence-electron chi connectivity index (χ0n) is 18.1. The molecule has 9 heteroatoms. The highest BCUT2D eigenvalue weighted by Crippen LogP contribution is 2.26. The second-order valence-corrected chi connectivity index (χ2v) is 10.3. The summed E-state index contributed by atoms with van der Waals surface area (Å²) in [4.78, 5) is 25.2. The summed E-state index contributed by atoms with van der Waals surface area (Å²) in [6.45, 7) is 8.27. The fourth-order valence-corrected chi connectivity index (χ4v) is 5.78. The minimum absolute atomic E-state index is 0.0162. The predicted molar refractivity (Wildman–Crippen MR) is 118 cm³/mol. The number of Topliss-reactive ketones (excluding diaryl/α,β-unsaturated/α-hetero) is 1. The van der Waals surface area contributed by atoms with Gasteiger partial charge in [0.1, 0.15) is 0 Å². The molecule has 1 aromatic heterocycles. The molecule has 3 rings (SSSR count). The minimum atomic E-state index is -3.70. The number of carbonyl (C=O) groups is 2. The van der Waals surface area contributed by atoms with Crippen molar-refractivity contribution in [2.45, 2.75) is 51.5 Å². The van der Waals surface area contributed by atoms with E-state index in [2.05, 4.69) is 0 Å². The van der Waals surface area contributed by atoms with E-state index in [4.69, 9.17) is 16.3 Å². The molecule has 1 saturated heterocycles. The fourth-order valence-electron chi connectivity index (χ4n) is 4.04. The lowest BCUT2D eigenvalue weighted by Gasteiger charge is -2.16. The summed E-state index contributed by atoms with van der Waals surface area (Å²) in [5.41, 5.74) is 2.17. The third-order valence-electron chi connectivity index (χ3n) is 5.50. The molecule has 1 aliphatic rings. The Bertz CT molecular complexity index is 1120. The number of aromatic nitrogens is 1. The third-order valence-corrected chi connectivity index (χ3v) is 7.72. The molecule has 0 amide bonds. The first-order valence-electron chi connectivity index (χ1n) is 10.2. The summed E-state index contributed by atoms with van der Waals surface area (Å²) >= 11 is 6.12. The van der Waals surface area contributed by atoms with Crippen LogP contribution in [0.2, 0.25) is 5.02 Å². The molecule has 2 heterocycles. The highest BCUT2D eigenvalue weighted by molar-refractivity contribution is 7.89. The molecule has 0 saturated carbocycles. The van der Waals surface area contributed by atoms with Crippen LogP contribution in [0.5, 0.6) is 0 Å². The van der Waals surface area contributed by atoms with Gasteiger partial charge < -0.3 is 9.30 Å². The van der Waals surface area contributed by atoms with E-state index in [1.54, 1.807) is 6.07 Å². The summed E-state index contributed by atoms with van der Waals surface area (Å²) in [6.07, 6.45) is 1.61. The Morgan fingerprint density at radius 1 is 1.10 bits per heavy atom. The van der Waals surface area contributed by atoms with Crippen molar-refractivity contribution < 1.29 is 22.7 Å². The smallest absolute Gasteiger partial charge is 0.340 e. The maximum Gasteiger partial charge on any atom is 0.340 e. The Labute approximate surface area is 188 Å². The maximum atomic E-state index is 12.8. The minimum Gasteiger partial charge on any atom is -0.454 e. The number of sulfonamides is 1. The van der Waals surface area contributed by atoms with Crippen molar-refractivity contribution >= 4 is 33.4 Å². The number of carbonyl (C=O) groups excluding carboxylic acids is 2. The van der Waals surface area contributed by atoms with Gasteiger partial charge >= 0.3 is 5.97 Å².